The lowest BCUT2D eigenvalue weighted by molar-refractivity contribution is -0.220. The number of hydrogen-bond donors (Lipinski definition) is 6. The number of phosphoric ester groups is 1. The van der Waals surface area contributed by atoms with Gasteiger partial charge in [0.15, 0.2) is 6.10 Å². The number of rotatable bonds is 33. The fraction of sp³-hybridized carbons (Fsp3) is 0.574. The lowest BCUT2D eigenvalue weighted by Gasteiger charge is -2.41. The van der Waals surface area contributed by atoms with E-state index >= 15 is 0 Å². The monoisotopic (exact) mass is 876 g/mol. The van der Waals surface area contributed by atoms with Crippen molar-refractivity contribution in [1.29, 1.82) is 0 Å². The quantitative estimate of drug-likeness (QED) is 0.0121. The van der Waals surface area contributed by atoms with Crippen LogP contribution in [-0.2, 0) is 32.7 Å². The van der Waals surface area contributed by atoms with Gasteiger partial charge >= 0.3 is 19.8 Å². The standard InChI is InChI=1S/C47H73O13P/c1-3-5-7-9-11-13-15-17-18-19-20-21-22-24-25-27-29-31-33-35-40(48)57-37-39(38-58-61(55,56)60-47-45(53)43(51)42(50)44(52)46(47)54)59-41(49)36-34-32-30-28-26-23-16-14-12-10-8-6-4-2/h5,7,9,11,13,15,17-26,30,32,39,42-47,50-54H,3-4,6,8,10,12,14,16,27-29,31,33-38H2,1-2H3,(H,55,56)/b7-5+,11-9+,15-13+,18-17+,20-19+,22-21+,25-24+,26-23+,32-30+/t39?,42?,43-,44?,45?,46?,47?/m0/s1. The summed E-state index contributed by atoms with van der Waals surface area (Å²) in [4.78, 5) is 35.6. The van der Waals surface area contributed by atoms with Crippen LogP contribution >= 0.6 is 7.82 Å². The molecule has 0 heterocycles. The highest BCUT2D eigenvalue weighted by atomic mass is 31.2. The third kappa shape index (κ3) is 28.7. The van der Waals surface area contributed by atoms with E-state index in [0.29, 0.717) is 12.8 Å². The van der Waals surface area contributed by atoms with Crippen molar-refractivity contribution in [3.63, 3.8) is 0 Å². The Bertz CT molecular complexity index is 1480. The molecule has 14 heteroatoms. The van der Waals surface area contributed by atoms with Gasteiger partial charge in [-0.3, -0.25) is 18.6 Å². The molecule has 0 amide bonds. The van der Waals surface area contributed by atoms with Crippen molar-refractivity contribution in [1.82, 2.24) is 0 Å². The van der Waals surface area contributed by atoms with Gasteiger partial charge in [-0.25, -0.2) is 4.57 Å². The van der Waals surface area contributed by atoms with Crippen LogP contribution < -0.4 is 0 Å². The number of phosphoric acid groups is 1. The van der Waals surface area contributed by atoms with Crippen LogP contribution in [-0.4, -0.2) is 98.3 Å². The molecule has 61 heavy (non-hydrogen) atoms. The van der Waals surface area contributed by atoms with Crippen molar-refractivity contribution < 1.29 is 63.1 Å². The van der Waals surface area contributed by atoms with Gasteiger partial charge in [-0.15, -0.1) is 0 Å². The first kappa shape index (κ1) is 55.5. The minimum Gasteiger partial charge on any atom is -0.462 e. The fourth-order valence-corrected chi connectivity index (χ4v) is 6.76. The summed E-state index contributed by atoms with van der Waals surface area (Å²) in [5.74, 6) is -1.25. The van der Waals surface area contributed by atoms with E-state index in [1.165, 1.54) is 38.5 Å². The largest absolute Gasteiger partial charge is 0.472 e. The lowest BCUT2D eigenvalue weighted by Crippen LogP contribution is -2.64. The SMILES string of the molecule is CC/C=C/C=C/C=C/C=C/C=C/C=C/C=C/CCCCCC(=O)OCC(COP(=O)(O)OC1C(O)C(O)C(O)[C@H](O)C1O)OC(=O)CC/C=C/C/C=C/CCCCCCCC. The summed E-state index contributed by atoms with van der Waals surface area (Å²) in [7, 11) is -5.15. The molecule has 0 aromatic carbocycles. The first-order chi connectivity index (χ1) is 29.4. The van der Waals surface area contributed by atoms with Crippen LogP contribution in [0.15, 0.2) is 109 Å². The van der Waals surface area contributed by atoms with Crippen molar-refractivity contribution in [2.24, 2.45) is 0 Å². The molecule has 1 rings (SSSR count). The summed E-state index contributed by atoms with van der Waals surface area (Å²) < 4.78 is 33.3. The van der Waals surface area contributed by atoms with E-state index in [0.717, 1.165) is 38.5 Å². The Balaban J connectivity index is 2.57. The lowest BCUT2D eigenvalue weighted by atomic mass is 9.85. The van der Waals surface area contributed by atoms with Crippen LogP contribution in [0.1, 0.15) is 117 Å². The molecular formula is C47H73O13P. The van der Waals surface area contributed by atoms with Crippen LogP contribution in [0.3, 0.4) is 0 Å². The Hall–Kier alpha value is -3.49. The number of carbonyl (C=O) groups excluding carboxylic acids is 2. The smallest absolute Gasteiger partial charge is 0.462 e. The van der Waals surface area contributed by atoms with Crippen LogP contribution in [0.4, 0.5) is 0 Å². The molecular weight excluding hydrogens is 803 g/mol. The normalized spacial score (nSPS) is 23.1. The summed E-state index contributed by atoms with van der Waals surface area (Å²) in [5.41, 5.74) is 0. The molecule has 0 aromatic rings. The minimum atomic E-state index is -5.15. The average molecular weight is 877 g/mol. The third-order valence-corrected chi connectivity index (χ3v) is 10.3. The molecule has 8 atom stereocenters. The number of hydrogen-bond acceptors (Lipinski definition) is 12. The van der Waals surface area contributed by atoms with Crippen molar-refractivity contribution in [3.05, 3.63) is 109 Å². The van der Waals surface area contributed by atoms with Gasteiger partial charge in [-0.05, 0) is 51.4 Å². The molecule has 0 aromatic heterocycles. The Kier molecular flexibility index (Phi) is 32.8. The van der Waals surface area contributed by atoms with Gasteiger partial charge in [-0.2, -0.15) is 0 Å². The van der Waals surface area contributed by atoms with E-state index < -0.39 is 75.7 Å². The van der Waals surface area contributed by atoms with Crippen LogP contribution in [0, 0.1) is 0 Å². The molecule has 0 saturated heterocycles. The molecule has 0 aliphatic heterocycles. The second-order valence-corrected chi connectivity index (χ2v) is 16.1. The van der Waals surface area contributed by atoms with Gasteiger partial charge in [0.1, 0.15) is 43.2 Å². The van der Waals surface area contributed by atoms with Crippen LogP contribution in [0.2, 0.25) is 0 Å². The highest BCUT2D eigenvalue weighted by Gasteiger charge is 2.51. The number of ether oxygens (including phenoxy) is 2. The molecule has 1 saturated carbocycles. The van der Waals surface area contributed by atoms with E-state index in [2.05, 4.69) is 32.1 Å². The van der Waals surface area contributed by atoms with Crippen molar-refractivity contribution >= 4 is 19.8 Å². The van der Waals surface area contributed by atoms with E-state index in [-0.39, 0.29) is 12.8 Å². The molecule has 0 radical (unpaired) electrons. The minimum absolute atomic E-state index is 0.0274. The predicted molar refractivity (Wildman–Crippen MR) is 239 cm³/mol. The maximum absolute atomic E-state index is 12.8. The number of carbonyl (C=O) groups is 2. The van der Waals surface area contributed by atoms with Gasteiger partial charge in [0.05, 0.1) is 6.61 Å². The molecule has 6 N–H and O–H groups in total. The molecule has 1 aliphatic carbocycles. The molecule has 0 spiro atoms. The highest BCUT2D eigenvalue weighted by Crippen LogP contribution is 2.47. The predicted octanol–water partition coefficient (Wildman–Crippen LogP) is 8.05. The summed E-state index contributed by atoms with van der Waals surface area (Å²) in [6.07, 6.45) is 35.9. The zero-order valence-electron chi connectivity index (χ0n) is 36.1. The maximum Gasteiger partial charge on any atom is 0.472 e. The summed E-state index contributed by atoms with van der Waals surface area (Å²) in [6.45, 7) is 3.02. The second-order valence-electron chi connectivity index (χ2n) is 14.6. The van der Waals surface area contributed by atoms with Gasteiger partial charge in [-0.1, -0.05) is 162 Å². The van der Waals surface area contributed by atoms with Gasteiger partial charge < -0.3 is 39.9 Å². The Morgan fingerprint density at radius 3 is 1.62 bits per heavy atom. The molecule has 13 nitrogen and oxygen atoms in total. The zero-order chi connectivity index (χ0) is 45.0. The molecule has 0 bridgehead atoms. The molecule has 7 unspecified atom stereocenters. The number of aliphatic hydroxyl groups is 5. The van der Waals surface area contributed by atoms with E-state index in [4.69, 9.17) is 18.5 Å². The van der Waals surface area contributed by atoms with Crippen LogP contribution in [0.25, 0.3) is 0 Å². The fourth-order valence-electron chi connectivity index (χ4n) is 5.79. The Labute approximate surface area is 363 Å². The number of esters is 2. The zero-order valence-corrected chi connectivity index (χ0v) is 37.0. The van der Waals surface area contributed by atoms with Crippen molar-refractivity contribution in [2.45, 2.75) is 159 Å². The van der Waals surface area contributed by atoms with Crippen molar-refractivity contribution in [2.75, 3.05) is 13.2 Å². The van der Waals surface area contributed by atoms with Crippen LogP contribution in [0.5, 0.6) is 0 Å². The summed E-state index contributed by atoms with van der Waals surface area (Å²) in [5, 5.41) is 50.1. The third-order valence-electron chi connectivity index (χ3n) is 9.31. The van der Waals surface area contributed by atoms with Gasteiger partial charge in [0.25, 0.3) is 0 Å². The van der Waals surface area contributed by atoms with Crippen molar-refractivity contribution in [3.8, 4) is 0 Å². The number of unbranched alkanes of at least 4 members (excludes halogenated alkanes) is 9. The van der Waals surface area contributed by atoms with E-state index in [9.17, 15) is 44.6 Å². The molecule has 1 aliphatic rings. The van der Waals surface area contributed by atoms with E-state index in [1.807, 2.05) is 91.1 Å². The summed E-state index contributed by atoms with van der Waals surface area (Å²) in [6, 6.07) is 0. The second kappa shape index (κ2) is 36.0. The number of allylic oxidation sites excluding steroid dienone is 18. The maximum atomic E-state index is 12.8. The Morgan fingerprint density at radius 1 is 0.541 bits per heavy atom. The highest BCUT2D eigenvalue weighted by molar-refractivity contribution is 7.47. The average Bonchev–Trinajstić information content (AvgIpc) is 3.24. The van der Waals surface area contributed by atoms with E-state index in [1.54, 1.807) is 0 Å². The number of aliphatic hydroxyl groups excluding tert-OH is 5. The van der Waals surface area contributed by atoms with Gasteiger partial charge in [0, 0.05) is 12.8 Å². The summed E-state index contributed by atoms with van der Waals surface area (Å²) >= 11 is 0. The molecule has 1 fully saturated rings. The first-order valence-electron chi connectivity index (χ1n) is 21.8. The molecule has 344 valence electrons. The topological polar surface area (TPSA) is 210 Å². The van der Waals surface area contributed by atoms with Gasteiger partial charge in [0.2, 0.25) is 0 Å². The Morgan fingerprint density at radius 2 is 1.03 bits per heavy atom. The first-order valence-corrected chi connectivity index (χ1v) is 23.3.